The highest BCUT2D eigenvalue weighted by atomic mass is 32.1. The molecule has 2 heterocycles. The van der Waals surface area contributed by atoms with Gasteiger partial charge in [-0.15, -0.1) is 11.3 Å². The van der Waals surface area contributed by atoms with Crippen LogP contribution < -0.4 is 15.0 Å². The molecule has 6 nitrogen and oxygen atoms in total. The van der Waals surface area contributed by atoms with Crippen molar-refractivity contribution < 1.29 is 13.9 Å². The molecular formula is C25H22FN3O3S. The third kappa shape index (κ3) is 4.39. The van der Waals surface area contributed by atoms with Gasteiger partial charge in [0.05, 0.1) is 18.7 Å². The van der Waals surface area contributed by atoms with Crippen molar-refractivity contribution in [2.45, 2.75) is 32.3 Å². The zero-order valence-electron chi connectivity index (χ0n) is 18.1. The van der Waals surface area contributed by atoms with Crippen molar-refractivity contribution in [1.82, 2.24) is 9.66 Å². The smallest absolute Gasteiger partial charge is 0.282 e. The van der Waals surface area contributed by atoms with Crippen LogP contribution in [0, 0.1) is 5.82 Å². The summed E-state index contributed by atoms with van der Waals surface area (Å²) in [6.45, 7) is 0.288. The van der Waals surface area contributed by atoms with Crippen LogP contribution in [0.15, 0.2) is 58.7 Å². The first-order valence-electron chi connectivity index (χ1n) is 10.7. The molecule has 0 saturated carbocycles. The van der Waals surface area contributed by atoms with Crippen molar-refractivity contribution >= 4 is 27.8 Å². The Hall–Kier alpha value is -3.52. The summed E-state index contributed by atoms with van der Waals surface area (Å²) in [5, 5.41) is 5.06. The minimum absolute atomic E-state index is 0.137. The second-order valence-electron chi connectivity index (χ2n) is 7.86. The van der Waals surface area contributed by atoms with Gasteiger partial charge in [-0.05, 0) is 72.7 Å². The number of rotatable bonds is 6. The number of thiophene rings is 1. The average Bonchev–Trinajstić information content (AvgIpc) is 3.23. The maximum absolute atomic E-state index is 13.1. The van der Waals surface area contributed by atoms with E-state index >= 15 is 0 Å². The van der Waals surface area contributed by atoms with Gasteiger partial charge in [0, 0.05) is 4.88 Å². The number of methoxy groups -OCH3 is 1. The van der Waals surface area contributed by atoms with Crippen molar-refractivity contribution in [3.63, 3.8) is 0 Å². The Morgan fingerprint density at radius 3 is 2.79 bits per heavy atom. The molecule has 1 aliphatic carbocycles. The molecule has 0 atom stereocenters. The molecule has 33 heavy (non-hydrogen) atoms. The van der Waals surface area contributed by atoms with E-state index in [4.69, 9.17) is 9.47 Å². The maximum atomic E-state index is 13.1. The lowest BCUT2D eigenvalue weighted by Gasteiger charge is -2.11. The summed E-state index contributed by atoms with van der Waals surface area (Å²) in [6, 6.07) is 11.5. The van der Waals surface area contributed by atoms with Crippen molar-refractivity contribution in [2.24, 2.45) is 5.10 Å². The van der Waals surface area contributed by atoms with Gasteiger partial charge in [0.1, 0.15) is 23.6 Å². The standard InChI is InChI=1S/C25H22FN3O3S/c1-31-21-12-17(8-11-20(21)32-14-16-6-9-18(26)10-7-16)13-28-29-15-27-24-23(25(29)30)19-4-2-3-5-22(19)33-24/h6-13,15H,2-5,14H2,1H3. The van der Waals surface area contributed by atoms with Crippen LogP contribution >= 0.6 is 11.3 Å². The molecule has 5 rings (SSSR count). The molecule has 4 aromatic rings. The molecule has 8 heteroatoms. The Bertz CT molecular complexity index is 1390. The van der Waals surface area contributed by atoms with Gasteiger partial charge in [-0.3, -0.25) is 4.79 Å². The summed E-state index contributed by atoms with van der Waals surface area (Å²) < 4.78 is 25.6. The molecule has 0 saturated heterocycles. The van der Waals surface area contributed by atoms with Gasteiger partial charge in [0.15, 0.2) is 11.5 Å². The summed E-state index contributed by atoms with van der Waals surface area (Å²) in [7, 11) is 1.56. The SMILES string of the molecule is COc1cc(C=Nn2cnc3sc4c(c3c2=O)CCCC4)ccc1OCc1ccc(F)cc1. The first-order chi connectivity index (χ1) is 16.1. The molecule has 0 amide bonds. The van der Waals surface area contributed by atoms with Crippen LogP contribution in [0.3, 0.4) is 0 Å². The lowest BCUT2D eigenvalue weighted by molar-refractivity contribution is 0.284. The van der Waals surface area contributed by atoms with Crippen LogP contribution in [-0.4, -0.2) is 23.0 Å². The fourth-order valence-electron chi connectivity index (χ4n) is 3.97. The molecule has 1 aliphatic rings. The van der Waals surface area contributed by atoms with Gasteiger partial charge in [-0.2, -0.15) is 9.78 Å². The Balaban J connectivity index is 1.37. The van der Waals surface area contributed by atoms with Crippen LogP contribution in [-0.2, 0) is 19.4 Å². The van der Waals surface area contributed by atoms with E-state index in [1.165, 1.54) is 28.0 Å². The van der Waals surface area contributed by atoms with E-state index < -0.39 is 0 Å². The Kier molecular flexibility index (Phi) is 5.92. The van der Waals surface area contributed by atoms with Gasteiger partial charge in [0.2, 0.25) is 0 Å². The van der Waals surface area contributed by atoms with Crippen LogP contribution in [0.2, 0.25) is 0 Å². The van der Waals surface area contributed by atoms with E-state index in [0.29, 0.717) is 16.9 Å². The summed E-state index contributed by atoms with van der Waals surface area (Å²) in [5.41, 5.74) is 2.61. The third-order valence-electron chi connectivity index (χ3n) is 5.69. The quantitative estimate of drug-likeness (QED) is 0.380. The predicted molar refractivity (Wildman–Crippen MR) is 127 cm³/mol. The summed E-state index contributed by atoms with van der Waals surface area (Å²) >= 11 is 1.62. The highest BCUT2D eigenvalue weighted by Gasteiger charge is 2.19. The monoisotopic (exact) mass is 463 g/mol. The van der Waals surface area contributed by atoms with Crippen LogP contribution in [0.1, 0.15) is 34.4 Å². The summed E-state index contributed by atoms with van der Waals surface area (Å²) in [5.74, 6) is 0.810. The molecule has 168 valence electrons. The van der Waals surface area contributed by atoms with E-state index in [-0.39, 0.29) is 18.0 Å². The molecule has 2 aromatic heterocycles. The van der Waals surface area contributed by atoms with E-state index in [9.17, 15) is 9.18 Å². The number of benzene rings is 2. The number of halogens is 1. The number of aromatic nitrogens is 2. The number of aryl methyl sites for hydroxylation is 2. The van der Waals surface area contributed by atoms with Crippen LogP contribution in [0.5, 0.6) is 11.5 Å². The second kappa shape index (κ2) is 9.15. The van der Waals surface area contributed by atoms with Crippen LogP contribution in [0.4, 0.5) is 4.39 Å². The Morgan fingerprint density at radius 2 is 1.97 bits per heavy atom. The first-order valence-corrected chi connectivity index (χ1v) is 11.6. The number of hydrogen-bond acceptors (Lipinski definition) is 6. The molecule has 2 aromatic carbocycles. The first kappa shape index (κ1) is 21.3. The molecular weight excluding hydrogens is 441 g/mol. The molecule has 0 fully saturated rings. The third-order valence-corrected chi connectivity index (χ3v) is 6.89. The number of fused-ring (bicyclic) bond motifs is 3. The summed E-state index contributed by atoms with van der Waals surface area (Å²) in [6.07, 6.45) is 7.29. The number of nitrogens with zero attached hydrogens (tertiary/aromatic N) is 3. The molecule has 0 aliphatic heterocycles. The van der Waals surface area contributed by atoms with E-state index in [0.717, 1.165) is 47.2 Å². The fourth-order valence-corrected chi connectivity index (χ4v) is 5.19. The molecule has 0 bridgehead atoms. The topological polar surface area (TPSA) is 65.7 Å². The van der Waals surface area contributed by atoms with Gasteiger partial charge in [-0.25, -0.2) is 9.37 Å². The number of ether oxygens (including phenoxy) is 2. The van der Waals surface area contributed by atoms with Gasteiger partial charge in [-0.1, -0.05) is 12.1 Å². The predicted octanol–water partition coefficient (Wildman–Crippen LogP) is 4.95. The minimum Gasteiger partial charge on any atom is -0.493 e. The highest BCUT2D eigenvalue weighted by Crippen LogP contribution is 2.33. The molecule has 0 spiro atoms. The molecule has 0 radical (unpaired) electrons. The highest BCUT2D eigenvalue weighted by molar-refractivity contribution is 7.18. The van der Waals surface area contributed by atoms with E-state index in [2.05, 4.69) is 10.1 Å². The van der Waals surface area contributed by atoms with E-state index in [1.54, 1.807) is 48.9 Å². The minimum atomic E-state index is -0.285. The van der Waals surface area contributed by atoms with E-state index in [1.807, 2.05) is 6.07 Å². The zero-order valence-corrected chi connectivity index (χ0v) is 18.9. The maximum Gasteiger partial charge on any atom is 0.282 e. The average molecular weight is 464 g/mol. The Morgan fingerprint density at radius 1 is 1.15 bits per heavy atom. The number of hydrogen-bond donors (Lipinski definition) is 0. The van der Waals surface area contributed by atoms with Crippen LogP contribution in [0.25, 0.3) is 10.2 Å². The van der Waals surface area contributed by atoms with Crippen molar-refractivity contribution in [2.75, 3.05) is 7.11 Å². The van der Waals surface area contributed by atoms with Gasteiger partial charge < -0.3 is 9.47 Å². The Labute approximate surface area is 193 Å². The normalized spacial score (nSPS) is 13.4. The van der Waals surface area contributed by atoms with Gasteiger partial charge >= 0.3 is 0 Å². The van der Waals surface area contributed by atoms with Crippen molar-refractivity contribution in [3.8, 4) is 11.5 Å². The lowest BCUT2D eigenvalue weighted by Crippen LogP contribution is -2.18. The van der Waals surface area contributed by atoms with Gasteiger partial charge in [0.25, 0.3) is 5.56 Å². The lowest BCUT2D eigenvalue weighted by atomic mass is 9.97. The van der Waals surface area contributed by atoms with Crippen molar-refractivity contribution in [3.05, 3.63) is 86.5 Å². The summed E-state index contributed by atoms with van der Waals surface area (Å²) in [4.78, 5) is 19.6. The molecule has 0 N–H and O–H groups in total. The largest absolute Gasteiger partial charge is 0.493 e. The zero-order chi connectivity index (χ0) is 22.8. The molecule has 0 unspecified atom stereocenters. The van der Waals surface area contributed by atoms with Crippen molar-refractivity contribution in [1.29, 1.82) is 0 Å². The fraction of sp³-hybridized carbons (Fsp3) is 0.240. The second-order valence-corrected chi connectivity index (χ2v) is 8.94.